The van der Waals surface area contributed by atoms with Gasteiger partial charge in [-0.1, -0.05) is 41.0 Å². The van der Waals surface area contributed by atoms with Crippen LogP contribution in [0.4, 0.5) is 0 Å². The number of ether oxygens (including phenoxy) is 2. The van der Waals surface area contributed by atoms with Gasteiger partial charge in [0.2, 0.25) is 0 Å². The molecule has 96 valence electrons. The Hall–Kier alpha value is -0.0800. The molecule has 5 atom stereocenters. The predicted octanol–water partition coefficient (Wildman–Crippen LogP) is 3.85. The summed E-state index contributed by atoms with van der Waals surface area (Å²) in [6, 6.07) is 0. The van der Waals surface area contributed by atoms with E-state index in [-0.39, 0.29) is 6.29 Å². The zero-order chi connectivity index (χ0) is 12.1. The monoisotopic (exact) mass is 228 g/mol. The molecule has 0 spiro atoms. The van der Waals surface area contributed by atoms with Crippen LogP contribution in [0.1, 0.15) is 53.9 Å². The minimum absolute atomic E-state index is 0.0164. The summed E-state index contributed by atoms with van der Waals surface area (Å²) < 4.78 is 11.9. The first-order valence-corrected chi connectivity index (χ1v) is 6.88. The second kappa shape index (κ2) is 6.61. The van der Waals surface area contributed by atoms with Crippen molar-refractivity contribution in [2.24, 2.45) is 17.8 Å². The third-order valence-electron chi connectivity index (χ3n) is 4.17. The summed E-state index contributed by atoms with van der Waals surface area (Å²) in [5, 5.41) is 0. The van der Waals surface area contributed by atoms with E-state index >= 15 is 0 Å². The van der Waals surface area contributed by atoms with Crippen LogP contribution in [0, 0.1) is 17.8 Å². The first-order valence-electron chi connectivity index (χ1n) is 6.88. The molecule has 0 radical (unpaired) electrons. The highest BCUT2D eigenvalue weighted by Gasteiger charge is 2.38. The van der Waals surface area contributed by atoms with Gasteiger partial charge in [0, 0.05) is 12.5 Å². The summed E-state index contributed by atoms with van der Waals surface area (Å²) in [6.07, 6.45) is 3.80. The molecule has 0 amide bonds. The molecule has 0 saturated carbocycles. The van der Waals surface area contributed by atoms with Crippen LogP contribution in [0.3, 0.4) is 0 Å². The van der Waals surface area contributed by atoms with Crippen molar-refractivity contribution in [3.8, 4) is 0 Å². The van der Waals surface area contributed by atoms with Crippen molar-refractivity contribution in [2.75, 3.05) is 6.61 Å². The van der Waals surface area contributed by atoms with Crippen molar-refractivity contribution in [1.29, 1.82) is 0 Å². The highest BCUT2D eigenvalue weighted by atomic mass is 16.7. The Morgan fingerprint density at radius 3 is 2.25 bits per heavy atom. The van der Waals surface area contributed by atoms with E-state index in [1.807, 2.05) is 0 Å². The molecule has 1 aliphatic heterocycles. The van der Waals surface area contributed by atoms with Gasteiger partial charge in [-0.15, -0.1) is 0 Å². The molecule has 1 fully saturated rings. The summed E-state index contributed by atoms with van der Waals surface area (Å²) in [5.41, 5.74) is 0. The summed E-state index contributed by atoms with van der Waals surface area (Å²) in [7, 11) is 0. The van der Waals surface area contributed by atoms with Crippen LogP contribution in [0.5, 0.6) is 0 Å². The number of hydrogen-bond acceptors (Lipinski definition) is 2. The Morgan fingerprint density at radius 1 is 1.00 bits per heavy atom. The lowest BCUT2D eigenvalue weighted by Crippen LogP contribution is -2.45. The normalized spacial score (nSPS) is 39.9. The number of rotatable bonds is 5. The maximum atomic E-state index is 6.05. The minimum Gasteiger partial charge on any atom is -0.352 e. The van der Waals surface area contributed by atoms with Crippen LogP contribution in [0.25, 0.3) is 0 Å². The topological polar surface area (TPSA) is 18.5 Å². The van der Waals surface area contributed by atoms with Gasteiger partial charge in [-0.05, 0) is 24.7 Å². The molecular formula is C14H28O2. The SMILES string of the molecule is CCCCO[C@H]1OC(CC)[C@@H](C)[C@H](C)C1C. The average Bonchev–Trinajstić information content (AvgIpc) is 2.29. The first kappa shape index (κ1) is 14.0. The molecule has 16 heavy (non-hydrogen) atoms. The van der Waals surface area contributed by atoms with Gasteiger partial charge < -0.3 is 9.47 Å². The van der Waals surface area contributed by atoms with Gasteiger partial charge in [-0.3, -0.25) is 0 Å². The molecule has 0 N–H and O–H groups in total. The fourth-order valence-corrected chi connectivity index (χ4v) is 2.49. The summed E-state index contributed by atoms with van der Waals surface area (Å²) >= 11 is 0. The van der Waals surface area contributed by atoms with E-state index in [0.29, 0.717) is 23.9 Å². The van der Waals surface area contributed by atoms with E-state index in [1.54, 1.807) is 0 Å². The van der Waals surface area contributed by atoms with Crippen LogP contribution in [0.15, 0.2) is 0 Å². The zero-order valence-electron chi connectivity index (χ0n) is 11.5. The molecule has 2 nitrogen and oxygen atoms in total. The summed E-state index contributed by atoms with van der Waals surface area (Å²) in [4.78, 5) is 0. The van der Waals surface area contributed by atoms with Crippen molar-refractivity contribution < 1.29 is 9.47 Å². The minimum atomic E-state index is 0.0164. The Balaban J connectivity index is 2.50. The van der Waals surface area contributed by atoms with Crippen LogP contribution in [0.2, 0.25) is 0 Å². The molecule has 1 heterocycles. The first-order chi connectivity index (χ1) is 7.61. The molecule has 1 rings (SSSR count). The highest BCUT2D eigenvalue weighted by Crippen LogP contribution is 2.36. The van der Waals surface area contributed by atoms with Crippen molar-refractivity contribution in [3.05, 3.63) is 0 Å². The van der Waals surface area contributed by atoms with E-state index < -0.39 is 0 Å². The lowest BCUT2D eigenvalue weighted by molar-refractivity contribution is -0.248. The molecule has 2 heteroatoms. The van der Waals surface area contributed by atoms with Gasteiger partial charge in [0.1, 0.15) is 0 Å². The second-order valence-corrected chi connectivity index (χ2v) is 5.25. The summed E-state index contributed by atoms with van der Waals surface area (Å²) in [6.45, 7) is 12.1. The molecule has 0 aromatic rings. The predicted molar refractivity (Wildman–Crippen MR) is 67.3 cm³/mol. The Morgan fingerprint density at radius 2 is 1.69 bits per heavy atom. The standard InChI is InChI=1S/C14H28O2/c1-6-8-9-15-14-12(5)10(3)11(4)13(7-2)16-14/h10-14H,6-9H2,1-5H3/t10-,11-,12?,13?,14-/m0/s1. The third-order valence-corrected chi connectivity index (χ3v) is 4.17. The molecule has 1 aliphatic rings. The third kappa shape index (κ3) is 3.21. The van der Waals surface area contributed by atoms with Crippen molar-refractivity contribution >= 4 is 0 Å². The fraction of sp³-hybridized carbons (Fsp3) is 1.00. The largest absolute Gasteiger partial charge is 0.352 e. The Labute approximate surface area is 101 Å². The van der Waals surface area contributed by atoms with E-state index in [1.165, 1.54) is 6.42 Å². The smallest absolute Gasteiger partial charge is 0.160 e. The van der Waals surface area contributed by atoms with Gasteiger partial charge in [0.15, 0.2) is 6.29 Å². The Kier molecular flexibility index (Phi) is 5.77. The zero-order valence-corrected chi connectivity index (χ0v) is 11.5. The maximum absolute atomic E-state index is 6.05. The number of unbranched alkanes of at least 4 members (excludes halogenated alkanes) is 1. The van der Waals surface area contributed by atoms with Crippen LogP contribution < -0.4 is 0 Å². The Bertz CT molecular complexity index is 191. The fourth-order valence-electron chi connectivity index (χ4n) is 2.49. The lowest BCUT2D eigenvalue weighted by atomic mass is 9.78. The molecule has 0 aromatic heterocycles. The van der Waals surface area contributed by atoms with E-state index in [2.05, 4.69) is 34.6 Å². The summed E-state index contributed by atoms with van der Waals surface area (Å²) in [5.74, 6) is 1.84. The van der Waals surface area contributed by atoms with Gasteiger partial charge >= 0.3 is 0 Å². The van der Waals surface area contributed by atoms with Crippen LogP contribution in [-0.2, 0) is 9.47 Å². The van der Waals surface area contributed by atoms with Gasteiger partial charge in [0.05, 0.1) is 6.10 Å². The van der Waals surface area contributed by atoms with E-state index in [9.17, 15) is 0 Å². The van der Waals surface area contributed by atoms with Gasteiger partial charge in [-0.25, -0.2) is 0 Å². The van der Waals surface area contributed by atoms with E-state index in [4.69, 9.17) is 9.47 Å². The maximum Gasteiger partial charge on any atom is 0.160 e. The van der Waals surface area contributed by atoms with Crippen molar-refractivity contribution in [2.45, 2.75) is 66.3 Å². The second-order valence-electron chi connectivity index (χ2n) is 5.25. The van der Waals surface area contributed by atoms with E-state index in [0.717, 1.165) is 19.4 Å². The molecule has 0 bridgehead atoms. The van der Waals surface area contributed by atoms with Gasteiger partial charge in [0.25, 0.3) is 0 Å². The van der Waals surface area contributed by atoms with Crippen molar-refractivity contribution in [1.82, 2.24) is 0 Å². The van der Waals surface area contributed by atoms with Crippen molar-refractivity contribution in [3.63, 3.8) is 0 Å². The van der Waals surface area contributed by atoms with Gasteiger partial charge in [-0.2, -0.15) is 0 Å². The molecular weight excluding hydrogens is 200 g/mol. The quantitative estimate of drug-likeness (QED) is 0.665. The molecule has 2 unspecified atom stereocenters. The molecule has 0 aromatic carbocycles. The highest BCUT2D eigenvalue weighted by molar-refractivity contribution is 4.82. The molecule has 0 aliphatic carbocycles. The average molecular weight is 228 g/mol. The van der Waals surface area contributed by atoms with Crippen LogP contribution >= 0.6 is 0 Å². The van der Waals surface area contributed by atoms with Crippen LogP contribution in [-0.4, -0.2) is 19.0 Å². The number of hydrogen-bond donors (Lipinski definition) is 0. The lowest BCUT2D eigenvalue weighted by Gasteiger charge is -2.43. The molecule has 1 saturated heterocycles.